The number of hydrogen-bond acceptors (Lipinski definition) is 12. The van der Waals surface area contributed by atoms with Crippen molar-refractivity contribution in [3.8, 4) is 0 Å². The highest BCUT2D eigenvalue weighted by Crippen LogP contribution is 2.65. The number of carbonyl (C=O) groups excluding carboxylic acids is 2. The number of fused-ring (bicyclic) bond motifs is 8. The van der Waals surface area contributed by atoms with Crippen LogP contribution in [0.3, 0.4) is 0 Å². The zero-order valence-electron chi connectivity index (χ0n) is 37.4. The Balaban J connectivity index is 1.12. The molecular weight excluding hydrogens is 791 g/mol. The third kappa shape index (κ3) is 8.46. The summed E-state index contributed by atoms with van der Waals surface area (Å²) in [5, 5.41) is 0. The summed E-state index contributed by atoms with van der Waals surface area (Å²) in [6.45, 7) is 7.99. The molecule has 0 aromatic heterocycles. The second-order valence-electron chi connectivity index (χ2n) is 19.1. The number of ether oxygens (including phenoxy) is 8. The molecule has 3 aliphatic carbocycles. The molecule has 0 bridgehead atoms. The number of cyclic esters (lactones) is 1. The molecule has 4 aliphatic heterocycles. The van der Waals surface area contributed by atoms with E-state index in [1.165, 1.54) is 0 Å². The molecule has 61 heavy (non-hydrogen) atoms. The summed E-state index contributed by atoms with van der Waals surface area (Å²) >= 11 is 0. The minimum absolute atomic E-state index is 0.0263. The van der Waals surface area contributed by atoms with Gasteiger partial charge >= 0.3 is 5.97 Å². The Morgan fingerprint density at radius 1 is 0.852 bits per heavy atom. The predicted octanol–water partition coefficient (Wildman–Crippen LogP) is 6.47. The van der Waals surface area contributed by atoms with Gasteiger partial charge in [0, 0.05) is 39.2 Å². The van der Waals surface area contributed by atoms with Crippen LogP contribution < -0.4 is 4.90 Å². The van der Waals surface area contributed by atoms with Crippen molar-refractivity contribution in [3.63, 3.8) is 0 Å². The first kappa shape index (κ1) is 45.0. The molecule has 14 heteroatoms. The first-order valence-electron chi connectivity index (χ1n) is 22.8. The van der Waals surface area contributed by atoms with Crippen LogP contribution >= 0.6 is 0 Å². The monoisotopic (exact) mass is 858 g/mol. The van der Waals surface area contributed by atoms with Crippen molar-refractivity contribution in [1.82, 2.24) is 4.90 Å². The van der Waals surface area contributed by atoms with E-state index in [9.17, 15) is 9.18 Å². The van der Waals surface area contributed by atoms with Gasteiger partial charge in [0.15, 0.2) is 30.0 Å². The fourth-order valence-corrected chi connectivity index (χ4v) is 12.7. The Hall–Kier alpha value is -2.56. The molecule has 8 rings (SSSR count). The summed E-state index contributed by atoms with van der Waals surface area (Å²) in [7, 11) is 8.98. The maximum Gasteiger partial charge on any atom is 0.306 e. The Morgan fingerprint density at radius 2 is 1.59 bits per heavy atom. The SMILES string of the molecule is CC[C@H]1CCC[C@H](O[C@H]2CC[C@H](N(C)C)[C@@H](C)O2)[C@@H](C)C(=O)C2=C[C@H]3[C@@H]4C[C@H](O[C@@H]5O[C@@H](C)[C@H](OC)[C@@H](OC)[C@H]5OC)C[C@H]4[C@H]4[C@@H]([C@H]3[C@@H]2CC(=O)O1)N4c1cccc(F)c1F. The van der Waals surface area contributed by atoms with Crippen LogP contribution in [0, 0.1) is 47.1 Å². The third-order valence-electron chi connectivity index (χ3n) is 15.6. The van der Waals surface area contributed by atoms with Crippen LogP contribution in [-0.4, -0.2) is 132 Å². The molecule has 2 saturated carbocycles. The molecule has 12 nitrogen and oxygen atoms in total. The highest BCUT2D eigenvalue weighted by Gasteiger charge is 2.69. The van der Waals surface area contributed by atoms with E-state index in [1.54, 1.807) is 33.5 Å². The van der Waals surface area contributed by atoms with E-state index in [0.717, 1.165) is 25.3 Å². The zero-order valence-corrected chi connectivity index (χ0v) is 37.4. The maximum absolute atomic E-state index is 15.8. The lowest BCUT2D eigenvalue weighted by atomic mass is 9.66. The Morgan fingerprint density at radius 3 is 2.28 bits per heavy atom. The second-order valence-corrected chi connectivity index (χ2v) is 19.1. The van der Waals surface area contributed by atoms with Gasteiger partial charge in [-0.3, -0.25) is 9.59 Å². The van der Waals surface area contributed by atoms with Gasteiger partial charge in [0.25, 0.3) is 0 Å². The van der Waals surface area contributed by atoms with Gasteiger partial charge in [0.2, 0.25) is 0 Å². The smallest absolute Gasteiger partial charge is 0.306 e. The van der Waals surface area contributed by atoms with E-state index in [-0.39, 0.29) is 96.2 Å². The van der Waals surface area contributed by atoms with Crippen molar-refractivity contribution in [2.24, 2.45) is 35.5 Å². The van der Waals surface area contributed by atoms with E-state index in [0.29, 0.717) is 37.7 Å². The lowest BCUT2D eigenvalue weighted by Gasteiger charge is -2.44. The number of Topliss-reactive ketones (excluding diaryl/α,β-unsaturated/α-hetero) is 1. The van der Waals surface area contributed by atoms with Crippen molar-refractivity contribution in [2.75, 3.05) is 40.3 Å². The van der Waals surface area contributed by atoms with Gasteiger partial charge in [-0.1, -0.05) is 26.0 Å². The van der Waals surface area contributed by atoms with Crippen LogP contribution in [0.25, 0.3) is 0 Å². The molecular formula is C47H68F2N2O10. The Labute approximate surface area is 360 Å². The van der Waals surface area contributed by atoms with Crippen molar-refractivity contribution >= 4 is 17.4 Å². The number of carbonyl (C=O) groups is 2. The topological polar surface area (TPSA) is 114 Å². The molecule has 7 aliphatic rings. The lowest BCUT2D eigenvalue weighted by molar-refractivity contribution is -0.314. The van der Waals surface area contributed by atoms with Crippen molar-refractivity contribution < 1.29 is 56.3 Å². The highest BCUT2D eigenvalue weighted by atomic mass is 19.2. The first-order chi connectivity index (χ1) is 29.3. The summed E-state index contributed by atoms with van der Waals surface area (Å²) in [5.41, 5.74) is 0.831. The van der Waals surface area contributed by atoms with E-state index < -0.39 is 54.4 Å². The molecule has 4 saturated heterocycles. The predicted molar refractivity (Wildman–Crippen MR) is 222 cm³/mol. The van der Waals surface area contributed by atoms with Gasteiger partial charge in [0.1, 0.15) is 24.4 Å². The van der Waals surface area contributed by atoms with Crippen LogP contribution in [0.2, 0.25) is 0 Å². The van der Waals surface area contributed by atoms with E-state index in [4.69, 9.17) is 37.9 Å². The largest absolute Gasteiger partial charge is 0.462 e. The van der Waals surface area contributed by atoms with Gasteiger partial charge in [-0.15, -0.1) is 0 Å². The summed E-state index contributed by atoms with van der Waals surface area (Å²) in [6, 6.07) is 4.23. The molecule has 0 unspecified atom stereocenters. The number of methoxy groups -OCH3 is 3. The molecule has 0 amide bonds. The number of hydrogen-bond donors (Lipinski definition) is 0. The molecule has 6 fully saturated rings. The van der Waals surface area contributed by atoms with Crippen LogP contribution in [0.1, 0.15) is 85.5 Å². The van der Waals surface area contributed by atoms with Gasteiger partial charge in [-0.25, -0.2) is 8.78 Å². The van der Waals surface area contributed by atoms with Gasteiger partial charge in [0.05, 0.1) is 48.6 Å². The molecule has 0 spiro atoms. The quantitative estimate of drug-likeness (QED) is 0.190. The summed E-state index contributed by atoms with van der Waals surface area (Å²) < 4.78 is 80.8. The Kier molecular flexibility index (Phi) is 13.7. The maximum atomic E-state index is 15.8. The minimum Gasteiger partial charge on any atom is -0.462 e. The normalized spacial score (nSPS) is 44.0. The molecule has 1 aromatic rings. The number of esters is 1. The number of likely N-dealkylation sites (N-methyl/N-ethyl adjacent to an activating group) is 1. The summed E-state index contributed by atoms with van der Waals surface area (Å²) in [5.74, 6) is -3.38. The molecule has 0 N–H and O–H groups in total. The van der Waals surface area contributed by atoms with E-state index >= 15 is 9.18 Å². The average molecular weight is 859 g/mol. The van der Waals surface area contributed by atoms with Gasteiger partial charge < -0.3 is 47.7 Å². The number of rotatable bonds is 10. The van der Waals surface area contributed by atoms with Crippen LogP contribution in [-0.2, 0) is 47.5 Å². The zero-order chi connectivity index (χ0) is 43.4. The first-order valence-corrected chi connectivity index (χ1v) is 22.8. The third-order valence-corrected chi connectivity index (χ3v) is 15.6. The number of benzene rings is 1. The van der Waals surface area contributed by atoms with Gasteiger partial charge in [-0.2, -0.15) is 0 Å². The van der Waals surface area contributed by atoms with E-state index in [1.807, 2.05) is 25.7 Å². The summed E-state index contributed by atoms with van der Waals surface area (Å²) in [4.78, 5) is 33.3. The Bertz CT molecular complexity index is 1770. The molecule has 1 aromatic carbocycles. The molecule has 340 valence electrons. The van der Waals surface area contributed by atoms with Gasteiger partial charge in [-0.05, 0) is 121 Å². The van der Waals surface area contributed by atoms with Crippen molar-refractivity contribution in [1.29, 1.82) is 0 Å². The lowest BCUT2D eigenvalue weighted by Crippen LogP contribution is -2.59. The second kappa shape index (κ2) is 18.5. The number of ketones is 1. The minimum atomic E-state index is -0.910. The van der Waals surface area contributed by atoms with Crippen molar-refractivity contribution in [2.45, 2.75) is 165 Å². The van der Waals surface area contributed by atoms with Crippen LogP contribution in [0.5, 0.6) is 0 Å². The fraction of sp³-hybridized carbons (Fsp3) is 0.787. The highest BCUT2D eigenvalue weighted by molar-refractivity contribution is 5.99. The molecule has 0 radical (unpaired) electrons. The number of allylic oxidation sites excluding steroid dienone is 2. The molecule has 19 atom stereocenters. The standard InChI is InChI=1S/C47H68F2N2O10/c1-10-26-13-11-16-36(61-38-18-17-34(50(5)6)24(3)57-38)23(2)43(53)32-21-29-28-19-27(60-47-46(56-9)45(55-8)44(54-7)25(4)58-47)20-31(28)41-42(39(29)30(32)22-37(52)59-26)51(41)35-15-12-14-33(48)40(35)49/h12,14-15,21,23-31,34,36,38-39,41-42,44-47H,10-11,13,16-20,22H2,1-9H3/t23-,24-,25+,26+,27+,28+,29+,30-,31-,34+,36+,38+,39-,41+,42-,44+,45-,46-,47+,51?/m1/s1. The van der Waals surface area contributed by atoms with Crippen LogP contribution in [0.15, 0.2) is 29.8 Å². The molecule has 4 heterocycles. The van der Waals surface area contributed by atoms with E-state index in [2.05, 4.69) is 32.0 Å². The average Bonchev–Trinajstić information content (AvgIpc) is 3.62. The number of anilines is 1. The summed E-state index contributed by atoms with van der Waals surface area (Å²) in [6.07, 6.45) is 4.07. The fourth-order valence-electron chi connectivity index (χ4n) is 12.7. The number of nitrogens with zero attached hydrogens (tertiary/aromatic N) is 2. The number of halogens is 2. The van der Waals surface area contributed by atoms with Crippen molar-refractivity contribution in [3.05, 3.63) is 41.5 Å². The van der Waals surface area contributed by atoms with Crippen LogP contribution in [0.4, 0.5) is 14.5 Å².